The normalized spacial score (nSPS) is 19.2. The van der Waals surface area contributed by atoms with Gasteiger partial charge < -0.3 is 9.47 Å². The molecule has 1 atom stereocenters. The molecule has 84 valence electrons. The predicted octanol–water partition coefficient (Wildman–Crippen LogP) is 1.55. The summed E-state index contributed by atoms with van der Waals surface area (Å²) in [5, 5.41) is 0. The molecule has 0 saturated carbocycles. The van der Waals surface area contributed by atoms with Crippen molar-refractivity contribution < 1.29 is 19.1 Å². The molecule has 0 spiro atoms. The number of esters is 2. The first-order valence-corrected chi connectivity index (χ1v) is 5.17. The summed E-state index contributed by atoms with van der Waals surface area (Å²) < 4.78 is 9.98. The van der Waals surface area contributed by atoms with E-state index in [-0.39, 0.29) is 24.6 Å². The SMILES string of the molecule is O=C1CC[C@H](COC(=O)c2ccccc2)O1. The van der Waals surface area contributed by atoms with Crippen LogP contribution >= 0.6 is 0 Å². The smallest absolute Gasteiger partial charge is 0.338 e. The maximum Gasteiger partial charge on any atom is 0.338 e. The fourth-order valence-electron chi connectivity index (χ4n) is 1.53. The largest absolute Gasteiger partial charge is 0.459 e. The van der Waals surface area contributed by atoms with E-state index >= 15 is 0 Å². The zero-order chi connectivity index (χ0) is 11.4. The third kappa shape index (κ3) is 2.59. The van der Waals surface area contributed by atoms with Crippen LogP contribution in [0, 0.1) is 0 Å². The van der Waals surface area contributed by atoms with Crippen molar-refractivity contribution in [3.05, 3.63) is 35.9 Å². The highest BCUT2D eigenvalue weighted by molar-refractivity contribution is 5.89. The first-order chi connectivity index (χ1) is 7.75. The van der Waals surface area contributed by atoms with Gasteiger partial charge in [-0.25, -0.2) is 4.79 Å². The quantitative estimate of drug-likeness (QED) is 0.725. The van der Waals surface area contributed by atoms with Crippen molar-refractivity contribution in [2.45, 2.75) is 18.9 Å². The molecule has 2 rings (SSSR count). The third-order valence-electron chi connectivity index (χ3n) is 2.38. The summed E-state index contributed by atoms with van der Waals surface area (Å²) >= 11 is 0. The van der Waals surface area contributed by atoms with Crippen LogP contribution in [0.2, 0.25) is 0 Å². The molecule has 0 N–H and O–H groups in total. The Morgan fingerprint density at radius 1 is 1.38 bits per heavy atom. The van der Waals surface area contributed by atoms with Crippen LogP contribution in [0.5, 0.6) is 0 Å². The van der Waals surface area contributed by atoms with Gasteiger partial charge in [-0.15, -0.1) is 0 Å². The number of carbonyl (C=O) groups is 2. The number of benzene rings is 1. The highest BCUT2D eigenvalue weighted by atomic mass is 16.6. The van der Waals surface area contributed by atoms with E-state index in [2.05, 4.69) is 0 Å². The van der Waals surface area contributed by atoms with E-state index in [0.717, 1.165) is 0 Å². The molecule has 0 unspecified atom stereocenters. The molecular weight excluding hydrogens is 208 g/mol. The Labute approximate surface area is 93.2 Å². The molecule has 16 heavy (non-hydrogen) atoms. The van der Waals surface area contributed by atoms with Gasteiger partial charge >= 0.3 is 11.9 Å². The molecule has 1 aliphatic heterocycles. The van der Waals surface area contributed by atoms with Gasteiger partial charge in [-0.2, -0.15) is 0 Å². The lowest BCUT2D eigenvalue weighted by atomic mass is 10.2. The number of hydrogen-bond acceptors (Lipinski definition) is 4. The highest BCUT2D eigenvalue weighted by Crippen LogP contribution is 2.14. The Kier molecular flexibility index (Phi) is 3.19. The molecule has 0 bridgehead atoms. The van der Waals surface area contributed by atoms with Gasteiger partial charge in [-0.05, 0) is 18.6 Å². The summed E-state index contributed by atoms with van der Waals surface area (Å²) in [5.74, 6) is -0.607. The van der Waals surface area contributed by atoms with E-state index in [1.54, 1.807) is 24.3 Å². The highest BCUT2D eigenvalue weighted by Gasteiger charge is 2.24. The van der Waals surface area contributed by atoms with Gasteiger partial charge in [0.1, 0.15) is 12.7 Å². The number of rotatable bonds is 3. The third-order valence-corrected chi connectivity index (χ3v) is 2.38. The van der Waals surface area contributed by atoms with Crippen LogP contribution in [0.15, 0.2) is 30.3 Å². The molecule has 1 aliphatic rings. The first-order valence-electron chi connectivity index (χ1n) is 5.17. The fourth-order valence-corrected chi connectivity index (χ4v) is 1.53. The van der Waals surface area contributed by atoms with Crippen molar-refractivity contribution in [2.24, 2.45) is 0 Å². The lowest BCUT2D eigenvalue weighted by Gasteiger charge is -2.09. The summed E-state index contributed by atoms with van der Waals surface area (Å²) in [7, 11) is 0. The van der Waals surface area contributed by atoms with E-state index in [0.29, 0.717) is 18.4 Å². The summed E-state index contributed by atoms with van der Waals surface area (Å²) in [5.41, 5.74) is 0.506. The Balaban J connectivity index is 1.82. The lowest BCUT2D eigenvalue weighted by Crippen LogP contribution is -2.18. The fraction of sp³-hybridized carbons (Fsp3) is 0.333. The standard InChI is InChI=1S/C12H12O4/c13-11-7-6-10(16-11)8-15-12(14)9-4-2-1-3-5-9/h1-5,10H,6-8H2/t10-/m1/s1. The summed E-state index contributed by atoms with van der Waals surface area (Å²) in [6, 6.07) is 8.74. The zero-order valence-corrected chi connectivity index (χ0v) is 8.72. The summed E-state index contributed by atoms with van der Waals surface area (Å²) in [6.45, 7) is 0.138. The number of carbonyl (C=O) groups excluding carboxylic acids is 2. The average molecular weight is 220 g/mol. The van der Waals surface area contributed by atoms with Crippen molar-refractivity contribution >= 4 is 11.9 Å². The van der Waals surface area contributed by atoms with Crippen LogP contribution in [-0.4, -0.2) is 24.6 Å². The molecule has 0 amide bonds. The first kappa shape index (κ1) is 10.7. The van der Waals surface area contributed by atoms with Crippen molar-refractivity contribution in [1.29, 1.82) is 0 Å². The summed E-state index contributed by atoms with van der Waals surface area (Å²) in [4.78, 5) is 22.3. The minimum atomic E-state index is -0.386. The van der Waals surface area contributed by atoms with Crippen LogP contribution in [0.25, 0.3) is 0 Å². The molecule has 0 radical (unpaired) electrons. The van der Waals surface area contributed by atoms with Crippen LogP contribution in [0.3, 0.4) is 0 Å². The molecule has 1 aromatic carbocycles. The Bertz CT molecular complexity index is 385. The number of ether oxygens (including phenoxy) is 2. The van der Waals surface area contributed by atoms with E-state index < -0.39 is 0 Å². The molecule has 1 fully saturated rings. The van der Waals surface area contributed by atoms with Crippen molar-refractivity contribution in [3.8, 4) is 0 Å². The predicted molar refractivity (Wildman–Crippen MR) is 55.8 cm³/mol. The summed E-state index contributed by atoms with van der Waals surface area (Å²) in [6.07, 6.45) is 0.759. The van der Waals surface area contributed by atoms with Gasteiger partial charge in [0.05, 0.1) is 5.56 Å². The second kappa shape index (κ2) is 4.79. The Morgan fingerprint density at radius 3 is 2.75 bits per heavy atom. The van der Waals surface area contributed by atoms with Gasteiger partial charge in [-0.3, -0.25) is 4.79 Å². The molecule has 1 aromatic rings. The van der Waals surface area contributed by atoms with Gasteiger partial charge in [0.15, 0.2) is 0 Å². The maximum atomic E-state index is 11.5. The Morgan fingerprint density at radius 2 is 2.12 bits per heavy atom. The molecule has 0 aliphatic carbocycles. The van der Waals surface area contributed by atoms with Crippen LogP contribution in [0.4, 0.5) is 0 Å². The molecule has 1 heterocycles. The van der Waals surface area contributed by atoms with Crippen molar-refractivity contribution in [1.82, 2.24) is 0 Å². The van der Waals surface area contributed by atoms with Gasteiger partial charge in [0.2, 0.25) is 0 Å². The van der Waals surface area contributed by atoms with Crippen molar-refractivity contribution in [2.75, 3.05) is 6.61 Å². The zero-order valence-electron chi connectivity index (χ0n) is 8.72. The van der Waals surface area contributed by atoms with Crippen LogP contribution < -0.4 is 0 Å². The van der Waals surface area contributed by atoms with Gasteiger partial charge in [0, 0.05) is 6.42 Å². The van der Waals surface area contributed by atoms with E-state index in [4.69, 9.17) is 9.47 Å². The average Bonchev–Trinajstić information content (AvgIpc) is 2.73. The maximum absolute atomic E-state index is 11.5. The van der Waals surface area contributed by atoms with E-state index in [1.807, 2.05) is 6.07 Å². The topological polar surface area (TPSA) is 52.6 Å². The molecule has 0 aromatic heterocycles. The monoisotopic (exact) mass is 220 g/mol. The number of cyclic esters (lactones) is 1. The minimum Gasteiger partial charge on any atom is -0.459 e. The number of hydrogen-bond donors (Lipinski definition) is 0. The molecular formula is C12H12O4. The van der Waals surface area contributed by atoms with Crippen LogP contribution in [-0.2, 0) is 14.3 Å². The van der Waals surface area contributed by atoms with E-state index in [1.165, 1.54) is 0 Å². The van der Waals surface area contributed by atoms with E-state index in [9.17, 15) is 9.59 Å². The molecule has 1 saturated heterocycles. The second-order valence-corrected chi connectivity index (χ2v) is 3.62. The van der Waals surface area contributed by atoms with Gasteiger partial charge in [0.25, 0.3) is 0 Å². The lowest BCUT2D eigenvalue weighted by molar-refractivity contribution is -0.142. The van der Waals surface area contributed by atoms with Gasteiger partial charge in [-0.1, -0.05) is 18.2 Å². The minimum absolute atomic E-state index is 0.138. The van der Waals surface area contributed by atoms with Crippen LogP contribution in [0.1, 0.15) is 23.2 Å². The molecule has 4 nitrogen and oxygen atoms in total. The Hall–Kier alpha value is -1.84. The van der Waals surface area contributed by atoms with Crippen molar-refractivity contribution in [3.63, 3.8) is 0 Å². The second-order valence-electron chi connectivity index (χ2n) is 3.62. The molecule has 4 heteroatoms.